The fraction of sp³-hybridized carbons (Fsp3) is 0.238. The zero-order valence-corrected chi connectivity index (χ0v) is 17.9. The summed E-state index contributed by atoms with van der Waals surface area (Å²) < 4.78 is 6.53. The number of ether oxygens (including phenoxy) is 1. The Bertz CT molecular complexity index is 959. The Hall–Kier alpha value is -2.15. The summed E-state index contributed by atoms with van der Waals surface area (Å²) in [5, 5.41) is 4.12. The third-order valence-corrected chi connectivity index (χ3v) is 6.09. The molecule has 3 aromatic rings. The molecule has 0 amide bonds. The van der Waals surface area contributed by atoms with Crippen molar-refractivity contribution in [3.05, 3.63) is 75.7 Å². The standard InChI is InChI=1S/C21H20ClN3OS2/c1-13(2)26-15-8-6-14(7-9-15)25-20(17-10-11-18(22)28-17)19(24-21(25)27)16-5-3-4-12-23-16/h3-13,19-20H,1-2H3,(H,24,27). The van der Waals surface area contributed by atoms with Gasteiger partial charge in [0.2, 0.25) is 0 Å². The van der Waals surface area contributed by atoms with E-state index < -0.39 is 0 Å². The largest absolute Gasteiger partial charge is 0.491 e. The molecule has 1 saturated heterocycles. The summed E-state index contributed by atoms with van der Waals surface area (Å²) in [6, 6.07) is 17.9. The molecule has 7 heteroatoms. The molecule has 4 rings (SSSR count). The van der Waals surface area contributed by atoms with Crippen LogP contribution in [0.4, 0.5) is 5.69 Å². The summed E-state index contributed by atoms with van der Waals surface area (Å²) in [6.45, 7) is 4.03. The zero-order chi connectivity index (χ0) is 19.7. The Morgan fingerprint density at radius 3 is 2.54 bits per heavy atom. The van der Waals surface area contributed by atoms with Gasteiger partial charge in [-0.3, -0.25) is 4.98 Å². The molecule has 2 unspecified atom stereocenters. The number of anilines is 1. The molecule has 1 fully saturated rings. The van der Waals surface area contributed by atoms with Crippen LogP contribution in [-0.2, 0) is 0 Å². The second-order valence-electron chi connectivity index (χ2n) is 6.80. The summed E-state index contributed by atoms with van der Waals surface area (Å²) >= 11 is 13.5. The lowest BCUT2D eigenvalue weighted by molar-refractivity contribution is 0.242. The highest BCUT2D eigenvalue weighted by Crippen LogP contribution is 2.44. The van der Waals surface area contributed by atoms with E-state index in [2.05, 4.69) is 21.3 Å². The molecule has 1 aliphatic rings. The number of hydrogen-bond acceptors (Lipinski definition) is 4. The fourth-order valence-corrected chi connectivity index (χ4v) is 4.90. The first-order valence-corrected chi connectivity index (χ1v) is 10.7. The van der Waals surface area contributed by atoms with Crippen LogP contribution in [0.1, 0.15) is 36.5 Å². The lowest BCUT2D eigenvalue weighted by atomic mass is 10.0. The maximum absolute atomic E-state index is 6.25. The van der Waals surface area contributed by atoms with Crippen molar-refractivity contribution in [3.8, 4) is 5.75 Å². The molecule has 0 saturated carbocycles. The molecule has 1 N–H and O–H groups in total. The van der Waals surface area contributed by atoms with E-state index >= 15 is 0 Å². The Balaban J connectivity index is 1.73. The first kappa shape index (κ1) is 19.2. The fourth-order valence-electron chi connectivity index (χ4n) is 3.37. The highest BCUT2D eigenvalue weighted by molar-refractivity contribution is 7.80. The van der Waals surface area contributed by atoms with Crippen molar-refractivity contribution >= 4 is 46.0 Å². The molecule has 1 aliphatic heterocycles. The molecule has 0 radical (unpaired) electrons. The maximum Gasteiger partial charge on any atom is 0.174 e. The van der Waals surface area contributed by atoms with Gasteiger partial charge in [-0.1, -0.05) is 17.7 Å². The van der Waals surface area contributed by atoms with Crippen LogP contribution < -0.4 is 15.0 Å². The van der Waals surface area contributed by atoms with Crippen LogP contribution in [0, 0.1) is 0 Å². The Morgan fingerprint density at radius 1 is 1.14 bits per heavy atom. The second-order valence-corrected chi connectivity index (χ2v) is 8.93. The first-order chi connectivity index (χ1) is 13.5. The average Bonchev–Trinajstić information content (AvgIpc) is 3.26. The van der Waals surface area contributed by atoms with Gasteiger partial charge in [0, 0.05) is 16.8 Å². The lowest BCUT2D eigenvalue weighted by Gasteiger charge is -2.27. The van der Waals surface area contributed by atoms with Gasteiger partial charge in [-0.25, -0.2) is 0 Å². The third-order valence-electron chi connectivity index (χ3n) is 4.47. The number of benzene rings is 1. The Labute approximate surface area is 179 Å². The average molecular weight is 430 g/mol. The molecule has 4 nitrogen and oxygen atoms in total. The molecule has 1 aromatic carbocycles. The molecule has 3 heterocycles. The van der Waals surface area contributed by atoms with Crippen LogP contribution in [0.5, 0.6) is 5.75 Å². The molecular formula is C21H20ClN3OS2. The predicted octanol–water partition coefficient (Wildman–Crippen LogP) is 5.76. The molecule has 0 spiro atoms. The third kappa shape index (κ3) is 3.85. The van der Waals surface area contributed by atoms with Gasteiger partial charge in [0.15, 0.2) is 5.11 Å². The van der Waals surface area contributed by atoms with Crippen LogP contribution in [0.15, 0.2) is 60.8 Å². The smallest absolute Gasteiger partial charge is 0.174 e. The monoisotopic (exact) mass is 429 g/mol. The molecule has 0 aliphatic carbocycles. The van der Waals surface area contributed by atoms with Crippen molar-refractivity contribution in [1.82, 2.24) is 10.3 Å². The topological polar surface area (TPSA) is 37.4 Å². The summed E-state index contributed by atoms with van der Waals surface area (Å²) in [5.74, 6) is 0.841. The van der Waals surface area contributed by atoms with Crippen molar-refractivity contribution in [2.45, 2.75) is 32.0 Å². The molecular weight excluding hydrogens is 410 g/mol. The Morgan fingerprint density at radius 2 is 1.93 bits per heavy atom. The predicted molar refractivity (Wildman–Crippen MR) is 119 cm³/mol. The number of hydrogen-bond donors (Lipinski definition) is 1. The minimum atomic E-state index is -0.0602. The minimum absolute atomic E-state index is 0.0308. The second kappa shape index (κ2) is 8.07. The van der Waals surface area contributed by atoms with Gasteiger partial charge >= 0.3 is 0 Å². The highest BCUT2D eigenvalue weighted by Gasteiger charge is 2.41. The SMILES string of the molecule is CC(C)Oc1ccc(N2C(=S)NC(c3ccccn3)C2c2ccc(Cl)s2)cc1. The summed E-state index contributed by atoms with van der Waals surface area (Å²) in [6.07, 6.45) is 1.94. The number of aromatic nitrogens is 1. The number of nitrogens with zero attached hydrogens (tertiary/aromatic N) is 2. The summed E-state index contributed by atoms with van der Waals surface area (Å²) in [7, 11) is 0. The van der Waals surface area contributed by atoms with Crippen molar-refractivity contribution in [3.63, 3.8) is 0 Å². The summed E-state index contributed by atoms with van der Waals surface area (Å²) in [5.41, 5.74) is 1.95. The highest BCUT2D eigenvalue weighted by atomic mass is 35.5. The molecule has 2 aromatic heterocycles. The molecule has 28 heavy (non-hydrogen) atoms. The van der Waals surface area contributed by atoms with E-state index in [1.165, 1.54) is 0 Å². The van der Waals surface area contributed by atoms with E-state index in [-0.39, 0.29) is 18.2 Å². The number of nitrogens with one attached hydrogen (secondary N) is 1. The molecule has 0 bridgehead atoms. The van der Waals surface area contributed by atoms with Crippen LogP contribution in [-0.4, -0.2) is 16.2 Å². The quantitative estimate of drug-likeness (QED) is 0.522. The number of rotatable bonds is 5. The molecule has 144 valence electrons. The van der Waals surface area contributed by atoms with Crippen molar-refractivity contribution in [2.75, 3.05) is 4.90 Å². The van der Waals surface area contributed by atoms with E-state index in [9.17, 15) is 0 Å². The van der Waals surface area contributed by atoms with Crippen LogP contribution in [0.25, 0.3) is 0 Å². The van der Waals surface area contributed by atoms with E-state index in [0.29, 0.717) is 5.11 Å². The minimum Gasteiger partial charge on any atom is -0.491 e. The first-order valence-electron chi connectivity index (χ1n) is 9.05. The van der Waals surface area contributed by atoms with Gasteiger partial charge < -0.3 is 15.0 Å². The zero-order valence-electron chi connectivity index (χ0n) is 15.5. The van der Waals surface area contributed by atoms with Crippen LogP contribution in [0.2, 0.25) is 4.34 Å². The number of thiocarbonyl (C=S) groups is 1. The van der Waals surface area contributed by atoms with E-state index in [0.717, 1.165) is 26.3 Å². The number of pyridine rings is 1. The van der Waals surface area contributed by atoms with E-state index in [1.807, 2.05) is 62.4 Å². The lowest BCUT2D eigenvalue weighted by Crippen LogP contribution is -2.29. The van der Waals surface area contributed by atoms with Gasteiger partial charge in [-0.15, -0.1) is 11.3 Å². The van der Waals surface area contributed by atoms with Gasteiger partial charge in [0.25, 0.3) is 0 Å². The maximum atomic E-state index is 6.25. The normalized spacial score (nSPS) is 19.1. The molecule has 2 atom stereocenters. The van der Waals surface area contributed by atoms with Gasteiger partial charge in [-0.05, 0) is 74.6 Å². The van der Waals surface area contributed by atoms with Gasteiger partial charge in [0.05, 0.1) is 28.2 Å². The van der Waals surface area contributed by atoms with Crippen molar-refractivity contribution in [2.24, 2.45) is 0 Å². The number of halogens is 1. The van der Waals surface area contributed by atoms with Crippen LogP contribution >= 0.6 is 35.2 Å². The van der Waals surface area contributed by atoms with E-state index in [4.69, 9.17) is 28.6 Å². The van der Waals surface area contributed by atoms with Crippen molar-refractivity contribution < 1.29 is 4.74 Å². The van der Waals surface area contributed by atoms with Crippen LogP contribution in [0.3, 0.4) is 0 Å². The van der Waals surface area contributed by atoms with Gasteiger partial charge in [-0.2, -0.15) is 0 Å². The Kier molecular flexibility index (Phi) is 5.53. The van der Waals surface area contributed by atoms with Gasteiger partial charge in [0.1, 0.15) is 5.75 Å². The van der Waals surface area contributed by atoms with Crippen molar-refractivity contribution in [1.29, 1.82) is 0 Å². The number of thiophene rings is 1. The van der Waals surface area contributed by atoms with E-state index in [1.54, 1.807) is 17.5 Å². The summed E-state index contributed by atoms with van der Waals surface area (Å²) in [4.78, 5) is 7.83.